The molecule has 0 atom stereocenters. The highest BCUT2D eigenvalue weighted by Crippen LogP contribution is 2.31. The van der Waals surface area contributed by atoms with Crippen molar-refractivity contribution >= 4 is 34.3 Å². The van der Waals surface area contributed by atoms with Gasteiger partial charge >= 0.3 is 0 Å². The molecular formula is C21H18F2N4O2S. The van der Waals surface area contributed by atoms with Gasteiger partial charge in [-0.1, -0.05) is 30.0 Å². The summed E-state index contributed by atoms with van der Waals surface area (Å²) in [5, 5.41) is 12.3. The zero-order chi connectivity index (χ0) is 21.3. The van der Waals surface area contributed by atoms with Crippen LogP contribution in [0, 0.1) is 11.6 Å². The lowest BCUT2D eigenvalue weighted by Gasteiger charge is -2.12. The number of carbonyl (C=O) groups is 1. The van der Waals surface area contributed by atoms with Crippen molar-refractivity contribution in [2.24, 2.45) is 0 Å². The molecule has 0 bridgehead atoms. The lowest BCUT2D eigenvalue weighted by molar-refractivity contribution is -0.113. The quantitative estimate of drug-likeness (QED) is 0.423. The Morgan fingerprint density at radius 1 is 1.17 bits per heavy atom. The Hall–Kier alpha value is -3.20. The number of halogens is 2. The van der Waals surface area contributed by atoms with E-state index in [9.17, 15) is 13.6 Å². The van der Waals surface area contributed by atoms with Crippen molar-refractivity contribution in [3.63, 3.8) is 0 Å². The fourth-order valence-corrected chi connectivity index (χ4v) is 3.88. The van der Waals surface area contributed by atoms with E-state index in [1.165, 1.54) is 0 Å². The highest BCUT2D eigenvalue weighted by atomic mass is 32.2. The zero-order valence-corrected chi connectivity index (χ0v) is 17.0. The van der Waals surface area contributed by atoms with E-state index in [0.717, 1.165) is 40.9 Å². The largest absolute Gasteiger partial charge is 0.453 e. The standard InChI is InChI=1S/C21H18F2N4O2S/c1-12(2)27-20(18-9-13-5-3-4-6-17(13)29-18)25-26-21(27)30-11-19(28)24-16-10-14(22)7-8-15(16)23/h3-10,12H,11H2,1-2H3,(H,24,28). The fraction of sp³-hybridized carbons (Fsp3) is 0.190. The Labute approximate surface area is 175 Å². The number of amides is 1. The molecule has 0 saturated heterocycles. The van der Waals surface area contributed by atoms with Gasteiger partial charge < -0.3 is 9.73 Å². The molecule has 4 aromatic rings. The average molecular weight is 428 g/mol. The van der Waals surface area contributed by atoms with E-state index in [0.29, 0.717) is 16.7 Å². The third kappa shape index (κ3) is 4.06. The number of para-hydroxylation sites is 1. The Morgan fingerprint density at radius 2 is 1.97 bits per heavy atom. The minimum Gasteiger partial charge on any atom is -0.453 e. The maximum absolute atomic E-state index is 13.7. The summed E-state index contributed by atoms with van der Waals surface area (Å²) in [6.45, 7) is 3.95. The van der Waals surface area contributed by atoms with Gasteiger partial charge in [-0.3, -0.25) is 9.36 Å². The van der Waals surface area contributed by atoms with Crippen LogP contribution in [0.15, 0.2) is 58.1 Å². The summed E-state index contributed by atoms with van der Waals surface area (Å²) in [6, 6.07) is 12.4. The molecule has 1 N–H and O–H groups in total. The summed E-state index contributed by atoms with van der Waals surface area (Å²) in [5.74, 6) is -0.716. The molecule has 0 aliphatic rings. The Bertz CT molecular complexity index is 1190. The van der Waals surface area contributed by atoms with Gasteiger partial charge in [-0.25, -0.2) is 8.78 Å². The topological polar surface area (TPSA) is 73.0 Å². The number of furan rings is 1. The molecule has 2 heterocycles. The number of carbonyl (C=O) groups excluding carboxylic acids is 1. The van der Waals surface area contributed by atoms with E-state index in [2.05, 4.69) is 15.5 Å². The first-order valence-electron chi connectivity index (χ1n) is 9.24. The molecule has 0 spiro atoms. The minimum atomic E-state index is -0.702. The van der Waals surface area contributed by atoms with Crippen LogP contribution in [0.3, 0.4) is 0 Å². The third-order valence-corrected chi connectivity index (χ3v) is 5.30. The normalized spacial score (nSPS) is 11.4. The molecule has 154 valence electrons. The Balaban J connectivity index is 1.53. The van der Waals surface area contributed by atoms with Crippen LogP contribution in [0.4, 0.5) is 14.5 Å². The summed E-state index contributed by atoms with van der Waals surface area (Å²) >= 11 is 1.15. The molecule has 0 radical (unpaired) electrons. The van der Waals surface area contributed by atoms with E-state index in [4.69, 9.17) is 4.42 Å². The summed E-state index contributed by atoms with van der Waals surface area (Å²) < 4.78 is 34.8. The number of anilines is 1. The molecule has 30 heavy (non-hydrogen) atoms. The lowest BCUT2D eigenvalue weighted by Crippen LogP contribution is -2.16. The van der Waals surface area contributed by atoms with Gasteiger partial charge in [0.2, 0.25) is 11.7 Å². The van der Waals surface area contributed by atoms with Crippen LogP contribution in [-0.4, -0.2) is 26.4 Å². The molecule has 6 nitrogen and oxygen atoms in total. The smallest absolute Gasteiger partial charge is 0.234 e. The fourth-order valence-electron chi connectivity index (χ4n) is 3.01. The number of thioether (sulfide) groups is 1. The number of hydrogen-bond acceptors (Lipinski definition) is 5. The number of nitrogens with zero attached hydrogens (tertiary/aromatic N) is 3. The minimum absolute atomic E-state index is 0.00874. The second-order valence-electron chi connectivity index (χ2n) is 6.88. The molecule has 0 unspecified atom stereocenters. The van der Waals surface area contributed by atoms with Crippen molar-refractivity contribution in [1.82, 2.24) is 14.8 Å². The van der Waals surface area contributed by atoms with Crippen LogP contribution in [-0.2, 0) is 4.79 Å². The summed E-state index contributed by atoms with van der Waals surface area (Å²) in [6.07, 6.45) is 0. The summed E-state index contributed by atoms with van der Waals surface area (Å²) in [4.78, 5) is 12.2. The van der Waals surface area contributed by atoms with Gasteiger partial charge in [0.05, 0.1) is 11.4 Å². The van der Waals surface area contributed by atoms with Crippen molar-refractivity contribution < 1.29 is 18.0 Å². The Morgan fingerprint density at radius 3 is 2.73 bits per heavy atom. The van der Waals surface area contributed by atoms with Gasteiger partial charge in [0.25, 0.3) is 0 Å². The van der Waals surface area contributed by atoms with Crippen LogP contribution in [0.5, 0.6) is 0 Å². The monoisotopic (exact) mass is 428 g/mol. The molecular weight excluding hydrogens is 410 g/mol. The SMILES string of the molecule is CC(C)n1c(SCC(=O)Nc2cc(F)ccc2F)nnc1-c1cc2ccccc2o1. The number of hydrogen-bond donors (Lipinski definition) is 1. The summed E-state index contributed by atoms with van der Waals surface area (Å²) in [7, 11) is 0. The molecule has 9 heteroatoms. The maximum atomic E-state index is 13.7. The van der Waals surface area contributed by atoms with Gasteiger partial charge in [-0.05, 0) is 38.1 Å². The molecule has 0 saturated carbocycles. The third-order valence-electron chi connectivity index (χ3n) is 4.36. The van der Waals surface area contributed by atoms with E-state index in [-0.39, 0.29) is 17.5 Å². The van der Waals surface area contributed by atoms with Crippen LogP contribution < -0.4 is 5.32 Å². The van der Waals surface area contributed by atoms with Crippen molar-refractivity contribution in [3.8, 4) is 11.6 Å². The first kappa shape index (κ1) is 20.1. The van der Waals surface area contributed by atoms with Crippen LogP contribution in [0.2, 0.25) is 0 Å². The van der Waals surface area contributed by atoms with E-state index < -0.39 is 17.5 Å². The number of benzene rings is 2. The molecule has 0 fully saturated rings. The molecule has 0 aliphatic carbocycles. The van der Waals surface area contributed by atoms with Gasteiger partial charge in [-0.15, -0.1) is 10.2 Å². The van der Waals surface area contributed by atoms with Gasteiger partial charge in [0, 0.05) is 17.5 Å². The molecule has 2 aromatic carbocycles. The number of nitrogens with one attached hydrogen (secondary N) is 1. The second kappa shape index (κ2) is 8.27. The van der Waals surface area contributed by atoms with Crippen molar-refractivity contribution in [3.05, 3.63) is 60.2 Å². The maximum Gasteiger partial charge on any atom is 0.234 e. The molecule has 4 rings (SSSR count). The number of fused-ring (bicyclic) bond motifs is 1. The predicted octanol–water partition coefficient (Wildman–Crippen LogP) is 5.28. The molecule has 0 aliphatic heterocycles. The molecule has 1 amide bonds. The highest BCUT2D eigenvalue weighted by Gasteiger charge is 2.21. The first-order valence-corrected chi connectivity index (χ1v) is 10.2. The van der Waals surface area contributed by atoms with Crippen LogP contribution >= 0.6 is 11.8 Å². The van der Waals surface area contributed by atoms with Crippen LogP contribution in [0.25, 0.3) is 22.6 Å². The predicted molar refractivity (Wildman–Crippen MR) is 111 cm³/mol. The second-order valence-corrected chi connectivity index (χ2v) is 7.82. The van der Waals surface area contributed by atoms with E-state index in [1.807, 2.05) is 48.7 Å². The van der Waals surface area contributed by atoms with E-state index in [1.54, 1.807) is 0 Å². The lowest BCUT2D eigenvalue weighted by atomic mass is 10.2. The zero-order valence-electron chi connectivity index (χ0n) is 16.2. The van der Waals surface area contributed by atoms with Crippen molar-refractivity contribution in [2.45, 2.75) is 25.0 Å². The number of rotatable bonds is 6. The van der Waals surface area contributed by atoms with Gasteiger partial charge in [0.1, 0.15) is 17.2 Å². The molecule has 2 aromatic heterocycles. The van der Waals surface area contributed by atoms with Crippen molar-refractivity contribution in [1.29, 1.82) is 0 Å². The number of aromatic nitrogens is 3. The van der Waals surface area contributed by atoms with Crippen LogP contribution in [0.1, 0.15) is 19.9 Å². The van der Waals surface area contributed by atoms with Crippen molar-refractivity contribution in [2.75, 3.05) is 11.1 Å². The highest BCUT2D eigenvalue weighted by molar-refractivity contribution is 7.99. The van der Waals surface area contributed by atoms with E-state index >= 15 is 0 Å². The average Bonchev–Trinajstić information content (AvgIpc) is 3.33. The Kier molecular flexibility index (Phi) is 5.54. The first-order chi connectivity index (χ1) is 14.4. The summed E-state index contributed by atoms with van der Waals surface area (Å²) in [5.41, 5.74) is 0.547. The van der Waals surface area contributed by atoms with Gasteiger partial charge in [0.15, 0.2) is 10.9 Å². The van der Waals surface area contributed by atoms with Gasteiger partial charge in [-0.2, -0.15) is 0 Å².